The number of hydrogen-bond donors (Lipinski definition) is 0. The molecule has 6 aromatic rings. The summed E-state index contributed by atoms with van der Waals surface area (Å²) >= 11 is 1.82. The predicted octanol–water partition coefficient (Wildman–Crippen LogP) is 9.44. The molecule has 0 aliphatic heterocycles. The number of furan rings is 1. The van der Waals surface area contributed by atoms with Crippen LogP contribution in [-0.4, -0.2) is 4.98 Å². The number of nitrogens with zero attached hydrogens (tertiary/aromatic N) is 1. The second kappa shape index (κ2) is 7.54. The van der Waals surface area contributed by atoms with Crippen LogP contribution in [0.2, 0.25) is 0 Å². The van der Waals surface area contributed by atoms with Crippen molar-refractivity contribution in [2.24, 2.45) is 0 Å². The molecule has 168 valence electrons. The van der Waals surface area contributed by atoms with Gasteiger partial charge >= 0.3 is 0 Å². The summed E-state index contributed by atoms with van der Waals surface area (Å²) < 4.78 is 7.94. The maximum Gasteiger partial charge on any atom is 0.161 e. The number of pyridine rings is 1. The van der Waals surface area contributed by atoms with Crippen LogP contribution in [0.3, 0.4) is 0 Å². The molecule has 0 spiro atoms. The quantitative estimate of drug-likeness (QED) is 0.257. The van der Waals surface area contributed by atoms with Crippen molar-refractivity contribution in [2.75, 3.05) is 0 Å². The lowest BCUT2D eigenvalue weighted by molar-refractivity contribution is 0.596. The molecule has 0 aliphatic rings. The number of fused-ring (bicyclic) bond motifs is 3. The number of aryl methyl sites for hydroxylation is 2. The smallest absolute Gasteiger partial charge is 0.161 e. The lowest BCUT2D eigenvalue weighted by Gasteiger charge is -2.22. The Hall–Kier alpha value is -3.43. The first-order chi connectivity index (χ1) is 16.3. The van der Waals surface area contributed by atoms with Crippen molar-refractivity contribution in [3.63, 3.8) is 0 Å². The molecular weight excluding hydrogens is 434 g/mol. The van der Waals surface area contributed by atoms with Crippen LogP contribution in [0.1, 0.15) is 36.8 Å². The highest BCUT2D eigenvalue weighted by atomic mass is 32.1. The first kappa shape index (κ1) is 21.1. The van der Waals surface area contributed by atoms with Crippen LogP contribution >= 0.6 is 11.3 Å². The van der Waals surface area contributed by atoms with Gasteiger partial charge in [0.1, 0.15) is 11.5 Å². The van der Waals surface area contributed by atoms with Crippen LogP contribution in [0.5, 0.6) is 0 Å². The molecule has 3 heteroatoms. The third kappa shape index (κ3) is 3.26. The van der Waals surface area contributed by atoms with Gasteiger partial charge < -0.3 is 4.42 Å². The van der Waals surface area contributed by atoms with Crippen LogP contribution < -0.4 is 0 Å². The summed E-state index contributed by atoms with van der Waals surface area (Å²) in [6, 6.07) is 24.0. The van der Waals surface area contributed by atoms with Gasteiger partial charge in [-0.25, -0.2) is 0 Å². The number of hydrogen-bond acceptors (Lipinski definition) is 3. The predicted molar refractivity (Wildman–Crippen MR) is 146 cm³/mol. The van der Waals surface area contributed by atoms with Gasteiger partial charge in [0, 0.05) is 37.9 Å². The molecule has 3 heterocycles. The van der Waals surface area contributed by atoms with Gasteiger partial charge in [-0.05, 0) is 71.3 Å². The summed E-state index contributed by atoms with van der Waals surface area (Å²) in [6.45, 7) is 11.1. The lowest BCUT2D eigenvalue weighted by atomic mass is 9.82. The molecule has 0 radical (unpaired) electrons. The van der Waals surface area contributed by atoms with Crippen LogP contribution in [0, 0.1) is 13.8 Å². The fourth-order valence-corrected chi connectivity index (χ4v) is 6.07. The molecule has 0 atom stereocenters. The van der Waals surface area contributed by atoms with Gasteiger partial charge in [-0.3, -0.25) is 4.98 Å². The van der Waals surface area contributed by atoms with Gasteiger partial charge in [0.25, 0.3) is 0 Å². The van der Waals surface area contributed by atoms with Crippen molar-refractivity contribution in [3.05, 3.63) is 88.9 Å². The standard InChI is InChI=1S/C31H27NOS/c1-18-15-21-10-8-12-25(30(21)34-18)28-19(2)23-13-14-32-27(29(23)33-28)22-16-20-9-6-7-11-24(20)26(17-22)31(3,4)5/h6-17H,1-5H3. The molecule has 0 saturated carbocycles. The van der Waals surface area contributed by atoms with Crippen molar-refractivity contribution >= 4 is 43.2 Å². The molecule has 2 nitrogen and oxygen atoms in total. The number of aromatic nitrogens is 1. The number of thiophene rings is 1. The second-order valence-electron chi connectivity index (χ2n) is 10.2. The van der Waals surface area contributed by atoms with Crippen molar-refractivity contribution in [3.8, 4) is 22.6 Å². The van der Waals surface area contributed by atoms with E-state index in [0.29, 0.717) is 0 Å². The highest BCUT2D eigenvalue weighted by Crippen LogP contribution is 2.42. The summed E-state index contributed by atoms with van der Waals surface area (Å²) in [4.78, 5) is 6.14. The van der Waals surface area contributed by atoms with E-state index in [1.165, 1.54) is 31.3 Å². The van der Waals surface area contributed by atoms with E-state index in [-0.39, 0.29) is 5.41 Å². The van der Waals surface area contributed by atoms with E-state index in [1.807, 2.05) is 17.5 Å². The Labute approximate surface area is 203 Å². The van der Waals surface area contributed by atoms with Crippen molar-refractivity contribution in [2.45, 2.75) is 40.0 Å². The largest absolute Gasteiger partial charge is 0.453 e. The lowest BCUT2D eigenvalue weighted by Crippen LogP contribution is -2.12. The minimum atomic E-state index is 0.0143. The first-order valence-corrected chi connectivity index (χ1v) is 12.5. The maximum atomic E-state index is 6.67. The second-order valence-corrected chi connectivity index (χ2v) is 11.4. The topological polar surface area (TPSA) is 26.0 Å². The van der Waals surface area contributed by atoms with Gasteiger partial charge in [-0.15, -0.1) is 11.3 Å². The summed E-state index contributed by atoms with van der Waals surface area (Å²) in [5.41, 5.74) is 6.51. The fourth-order valence-electron chi connectivity index (χ4n) is 5.05. The molecule has 34 heavy (non-hydrogen) atoms. The van der Waals surface area contributed by atoms with Crippen LogP contribution in [0.15, 0.2) is 77.3 Å². The Kier molecular flexibility index (Phi) is 4.69. The molecule has 0 unspecified atom stereocenters. The Bertz CT molecular complexity index is 1710. The van der Waals surface area contributed by atoms with E-state index < -0.39 is 0 Å². The highest BCUT2D eigenvalue weighted by Gasteiger charge is 2.22. The number of rotatable bonds is 2. The third-order valence-corrected chi connectivity index (χ3v) is 7.81. The van der Waals surface area contributed by atoms with E-state index in [0.717, 1.165) is 39.1 Å². The summed E-state index contributed by atoms with van der Waals surface area (Å²) in [5.74, 6) is 0.938. The molecule has 0 amide bonds. The summed E-state index contributed by atoms with van der Waals surface area (Å²) in [5, 5.41) is 4.91. The van der Waals surface area contributed by atoms with Crippen molar-refractivity contribution in [1.29, 1.82) is 0 Å². The van der Waals surface area contributed by atoms with E-state index >= 15 is 0 Å². The molecule has 3 aromatic heterocycles. The molecular formula is C31H27NOS. The molecule has 0 bridgehead atoms. The first-order valence-electron chi connectivity index (χ1n) is 11.7. The minimum absolute atomic E-state index is 0.0143. The Morgan fingerprint density at radius 1 is 0.824 bits per heavy atom. The van der Waals surface area contributed by atoms with E-state index in [9.17, 15) is 0 Å². The van der Waals surface area contributed by atoms with E-state index in [4.69, 9.17) is 9.40 Å². The van der Waals surface area contributed by atoms with Gasteiger partial charge in [0.05, 0.1) is 0 Å². The molecule has 0 aliphatic carbocycles. The van der Waals surface area contributed by atoms with Crippen LogP contribution in [0.4, 0.5) is 0 Å². The minimum Gasteiger partial charge on any atom is -0.453 e. The Morgan fingerprint density at radius 3 is 2.44 bits per heavy atom. The average molecular weight is 462 g/mol. The zero-order valence-electron chi connectivity index (χ0n) is 20.2. The number of benzene rings is 3. The van der Waals surface area contributed by atoms with E-state index in [2.05, 4.69) is 101 Å². The normalized spacial score (nSPS) is 12.3. The van der Waals surface area contributed by atoms with Gasteiger partial charge in [-0.2, -0.15) is 0 Å². The van der Waals surface area contributed by atoms with Crippen LogP contribution in [-0.2, 0) is 5.41 Å². The highest BCUT2D eigenvalue weighted by molar-refractivity contribution is 7.19. The van der Waals surface area contributed by atoms with Gasteiger partial charge in [0.2, 0.25) is 0 Å². The monoisotopic (exact) mass is 461 g/mol. The molecule has 0 fully saturated rings. The summed E-state index contributed by atoms with van der Waals surface area (Å²) in [7, 11) is 0. The fraction of sp³-hybridized carbons (Fsp3) is 0.194. The van der Waals surface area contributed by atoms with Crippen LogP contribution in [0.25, 0.3) is 54.4 Å². The zero-order chi connectivity index (χ0) is 23.6. The molecule has 3 aromatic carbocycles. The molecule has 6 rings (SSSR count). The van der Waals surface area contributed by atoms with E-state index in [1.54, 1.807) is 0 Å². The SMILES string of the molecule is Cc1cc2cccc(-c3oc4c(-c5cc(C(C)(C)C)c6ccccc6c5)nccc4c3C)c2s1. The van der Waals surface area contributed by atoms with Crippen molar-refractivity contribution < 1.29 is 4.42 Å². The Morgan fingerprint density at radius 2 is 1.62 bits per heavy atom. The van der Waals surface area contributed by atoms with Crippen molar-refractivity contribution in [1.82, 2.24) is 4.98 Å². The zero-order valence-corrected chi connectivity index (χ0v) is 21.0. The van der Waals surface area contributed by atoms with Gasteiger partial charge in [0.15, 0.2) is 5.58 Å². The average Bonchev–Trinajstić information content (AvgIpc) is 3.36. The van der Waals surface area contributed by atoms with Gasteiger partial charge in [-0.1, -0.05) is 57.2 Å². The maximum absolute atomic E-state index is 6.67. The third-order valence-electron chi connectivity index (χ3n) is 6.71. The molecule has 0 N–H and O–H groups in total. The Balaban J connectivity index is 1.63. The molecule has 0 saturated heterocycles. The summed E-state index contributed by atoms with van der Waals surface area (Å²) in [6.07, 6.45) is 1.91.